The molecule has 0 aliphatic heterocycles. The van der Waals surface area contributed by atoms with Crippen LogP contribution >= 0.6 is 23.2 Å². The van der Waals surface area contributed by atoms with Crippen LogP contribution in [0.1, 0.15) is 48.1 Å². The molecule has 0 aromatic heterocycles. The Kier molecular flexibility index (Phi) is 6.84. The number of benzene rings is 3. The van der Waals surface area contributed by atoms with Gasteiger partial charge in [0.25, 0.3) is 0 Å². The number of carbonyl (C=O) groups is 1. The van der Waals surface area contributed by atoms with Gasteiger partial charge in [0.05, 0.1) is 16.1 Å². The lowest BCUT2D eigenvalue weighted by Crippen LogP contribution is -2.39. The molecule has 1 aliphatic carbocycles. The summed E-state index contributed by atoms with van der Waals surface area (Å²) in [5.41, 5.74) is 5.54. The van der Waals surface area contributed by atoms with E-state index in [1.807, 2.05) is 29.2 Å². The van der Waals surface area contributed by atoms with Crippen molar-refractivity contribution in [3.05, 3.63) is 99.0 Å². The summed E-state index contributed by atoms with van der Waals surface area (Å²) in [6.45, 7) is 2.57. The number of nitrogens with zero attached hydrogens (tertiary/aromatic N) is 1. The molecule has 0 bridgehead atoms. The highest BCUT2D eigenvalue weighted by Crippen LogP contribution is 2.36. The van der Waals surface area contributed by atoms with Crippen LogP contribution in [0, 0.1) is 0 Å². The molecular weight excluding hydrogens is 427 g/mol. The topological polar surface area (TPSA) is 32.3 Å². The Balaban J connectivity index is 1.64. The Hall–Kier alpha value is -2.49. The molecule has 0 radical (unpaired) electrons. The highest BCUT2D eigenvalue weighted by Gasteiger charge is 2.29. The van der Waals surface area contributed by atoms with Crippen molar-refractivity contribution in [2.75, 3.05) is 5.32 Å². The van der Waals surface area contributed by atoms with E-state index in [0.29, 0.717) is 16.6 Å². The second-order valence-electron chi connectivity index (χ2n) is 7.96. The number of amides is 2. The Morgan fingerprint density at radius 3 is 2.48 bits per heavy atom. The molecule has 1 aliphatic rings. The van der Waals surface area contributed by atoms with Crippen LogP contribution in [0.4, 0.5) is 10.5 Å². The summed E-state index contributed by atoms with van der Waals surface area (Å²) < 4.78 is 0. The van der Waals surface area contributed by atoms with Crippen molar-refractivity contribution in [1.29, 1.82) is 0 Å². The minimum Gasteiger partial charge on any atom is -0.313 e. The number of fused-ring (bicyclic) bond motifs is 1. The van der Waals surface area contributed by atoms with Crippen molar-refractivity contribution in [2.45, 2.75) is 45.2 Å². The lowest BCUT2D eigenvalue weighted by atomic mass is 9.86. The van der Waals surface area contributed by atoms with E-state index in [2.05, 4.69) is 48.6 Å². The lowest BCUT2D eigenvalue weighted by molar-refractivity contribution is 0.175. The predicted molar refractivity (Wildman–Crippen MR) is 129 cm³/mol. The van der Waals surface area contributed by atoms with Gasteiger partial charge >= 0.3 is 6.03 Å². The summed E-state index contributed by atoms with van der Waals surface area (Å²) in [5.74, 6) is 0. The number of hydrogen-bond donors (Lipinski definition) is 1. The molecule has 1 N–H and O–H groups in total. The Labute approximate surface area is 194 Å². The van der Waals surface area contributed by atoms with Gasteiger partial charge in [-0.3, -0.25) is 0 Å². The zero-order chi connectivity index (χ0) is 21.8. The second kappa shape index (κ2) is 9.76. The molecule has 0 heterocycles. The number of hydrogen-bond acceptors (Lipinski definition) is 1. The van der Waals surface area contributed by atoms with Crippen molar-refractivity contribution >= 4 is 34.9 Å². The number of rotatable bonds is 5. The molecule has 0 saturated carbocycles. The van der Waals surface area contributed by atoms with Crippen LogP contribution in [0.25, 0.3) is 0 Å². The van der Waals surface area contributed by atoms with Crippen LogP contribution in [0.15, 0.2) is 66.7 Å². The first-order valence-electron chi connectivity index (χ1n) is 10.7. The van der Waals surface area contributed by atoms with Gasteiger partial charge in [0.1, 0.15) is 0 Å². The Morgan fingerprint density at radius 2 is 1.74 bits per heavy atom. The molecule has 5 heteroatoms. The first-order chi connectivity index (χ1) is 15.0. The summed E-state index contributed by atoms with van der Waals surface area (Å²) in [6.07, 6.45) is 4.00. The number of anilines is 1. The molecule has 0 saturated heterocycles. The van der Waals surface area contributed by atoms with Crippen molar-refractivity contribution in [3.63, 3.8) is 0 Å². The highest BCUT2D eigenvalue weighted by atomic mass is 35.5. The average molecular weight is 453 g/mol. The molecule has 3 nitrogen and oxygen atoms in total. The van der Waals surface area contributed by atoms with E-state index in [-0.39, 0.29) is 12.1 Å². The summed E-state index contributed by atoms with van der Waals surface area (Å²) in [4.78, 5) is 15.4. The molecule has 0 spiro atoms. The average Bonchev–Trinajstić information content (AvgIpc) is 2.80. The standard InChI is InChI=1S/C26H26Cl2N2O/c1-2-18-10-13-21(14-11-18)29-26(31)30(17-19-12-15-23(27)24(28)16-19)25-9-5-7-20-6-3-4-8-22(20)25/h3-4,6,8,10-16,25H,2,5,7,9,17H2,1H3,(H,29,31). The van der Waals surface area contributed by atoms with Crippen LogP contribution in [0.3, 0.4) is 0 Å². The minimum absolute atomic E-state index is 0.00863. The van der Waals surface area contributed by atoms with Gasteiger partial charge in [0.2, 0.25) is 0 Å². The Bertz CT molecular complexity index is 1070. The quantitative estimate of drug-likeness (QED) is 0.422. The number of aryl methyl sites for hydroxylation is 2. The van der Waals surface area contributed by atoms with Gasteiger partial charge in [-0.05, 0) is 72.2 Å². The summed E-state index contributed by atoms with van der Waals surface area (Å²) in [6, 6.07) is 21.9. The van der Waals surface area contributed by atoms with Gasteiger partial charge in [0.15, 0.2) is 0 Å². The van der Waals surface area contributed by atoms with Crippen molar-refractivity contribution in [1.82, 2.24) is 4.90 Å². The van der Waals surface area contributed by atoms with Crippen LogP contribution < -0.4 is 5.32 Å². The summed E-state index contributed by atoms with van der Waals surface area (Å²) in [5, 5.41) is 4.11. The van der Waals surface area contributed by atoms with E-state index in [9.17, 15) is 4.79 Å². The largest absolute Gasteiger partial charge is 0.322 e. The molecule has 3 aromatic rings. The number of nitrogens with one attached hydrogen (secondary N) is 1. The van der Waals surface area contributed by atoms with E-state index in [0.717, 1.165) is 36.9 Å². The zero-order valence-corrected chi connectivity index (χ0v) is 19.1. The van der Waals surface area contributed by atoms with E-state index in [1.165, 1.54) is 16.7 Å². The lowest BCUT2D eigenvalue weighted by Gasteiger charge is -2.36. The predicted octanol–water partition coefficient (Wildman–Crippen LogP) is 7.67. The number of halogens is 2. The molecular formula is C26H26Cl2N2O. The van der Waals surface area contributed by atoms with Crippen LogP contribution in [-0.4, -0.2) is 10.9 Å². The molecule has 160 valence electrons. The SMILES string of the molecule is CCc1ccc(NC(=O)N(Cc2ccc(Cl)c(Cl)c2)C2CCCc3ccccc32)cc1. The van der Waals surface area contributed by atoms with E-state index >= 15 is 0 Å². The van der Waals surface area contributed by atoms with Crippen LogP contribution in [0.2, 0.25) is 10.0 Å². The van der Waals surface area contributed by atoms with Crippen LogP contribution in [-0.2, 0) is 19.4 Å². The first-order valence-corrected chi connectivity index (χ1v) is 11.5. The van der Waals surface area contributed by atoms with E-state index < -0.39 is 0 Å². The molecule has 0 fully saturated rings. The van der Waals surface area contributed by atoms with Gasteiger partial charge in [-0.1, -0.05) is 72.6 Å². The first kappa shape index (κ1) is 21.7. The summed E-state index contributed by atoms with van der Waals surface area (Å²) >= 11 is 12.4. The Morgan fingerprint density at radius 1 is 1.00 bits per heavy atom. The number of carbonyl (C=O) groups excluding carboxylic acids is 1. The molecule has 3 aromatic carbocycles. The smallest absolute Gasteiger partial charge is 0.313 e. The van der Waals surface area contributed by atoms with Crippen molar-refractivity contribution < 1.29 is 4.79 Å². The zero-order valence-electron chi connectivity index (χ0n) is 17.6. The van der Waals surface area contributed by atoms with Crippen molar-refractivity contribution in [3.8, 4) is 0 Å². The fourth-order valence-electron chi connectivity index (χ4n) is 4.23. The van der Waals surface area contributed by atoms with Gasteiger partial charge in [-0.15, -0.1) is 0 Å². The molecule has 1 unspecified atom stereocenters. The van der Waals surface area contributed by atoms with E-state index in [1.54, 1.807) is 6.07 Å². The van der Waals surface area contributed by atoms with Crippen LogP contribution in [0.5, 0.6) is 0 Å². The van der Waals surface area contributed by atoms with Gasteiger partial charge < -0.3 is 10.2 Å². The van der Waals surface area contributed by atoms with Gasteiger partial charge in [-0.2, -0.15) is 0 Å². The van der Waals surface area contributed by atoms with Gasteiger partial charge in [0, 0.05) is 12.2 Å². The molecule has 4 rings (SSSR count). The fourth-order valence-corrected chi connectivity index (χ4v) is 4.55. The summed E-state index contributed by atoms with van der Waals surface area (Å²) in [7, 11) is 0. The third kappa shape index (κ3) is 5.06. The highest BCUT2D eigenvalue weighted by molar-refractivity contribution is 6.42. The molecule has 2 amide bonds. The second-order valence-corrected chi connectivity index (χ2v) is 8.78. The maximum Gasteiger partial charge on any atom is 0.322 e. The maximum atomic E-state index is 13.5. The van der Waals surface area contributed by atoms with Crippen molar-refractivity contribution in [2.24, 2.45) is 0 Å². The third-order valence-corrected chi connectivity index (χ3v) is 6.66. The fraction of sp³-hybridized carbons (Fsp3) is 0.269. The minimum atomic E-state index is -0.114. The third-order valence-electron chi connectivity index (χ3n) is 5.93. The molecule has 31 heavy (non-hydrogen) atoms. The van der Waals surface area contributed by atoms with E-state index in [4.69, 9.17) is 23.2 Å². The van der Waals surface area contributed by atoms with Gasteiger partial charge in [-0.25, -0.2) is 4.79 Å². The normalized spacial score (nSPS) is 15.3. The monoisotopic (exact) mass is 452 g/mol. The number of urea groups is 1. The molecule has 1 atom stereocenters. The maximum absolute atomic E-state index is 13.5.